The van der Waals surface area contributed by atoms with E-state index in [1.165, 1.54) is 5.56 Å². The van der Waals surface area contributed by atoms with E-state index in [2.05, 4.69) is 11.4 Å². The molecule has 1 aromatic rings. The second-order valence-electron chi connectivity index (χ2n) is 3.97. The smallest absolute Gasteiger partial charge is 0.121 e. The number of fused-ring (bicyclic) bond motifs is 1. The Morgan fingerprint density at radius 3 is 3.07 bits per heavy atom. The van der Waals surface area contributed by atoms with E-state index in [1.54, 1.807) is 0 Å². The van der Waals surface area contributed by atoms with Gasteiger partial charge in [-0.25, -0.2) is 4.39 Å². The van der Waals surface area contributed by atoms with Gasteiger partial charge in [0.05, 0.1) is 6.04 Å². The van der Waals surface area contributed by atoms with Crippen LogP contribution in [0.25, 0.3) is 0 Å². The Kier molecular flexibility index (Phi) is 3.34. The summed E-state index contributed by atoms with van der Waals surface area (Å²) in [6, 6.07) is 7.90. The van der Waals surface area contributed by atoms with Gasteiger partial charge in [-0.15, -0.1) is 0 Å². The molecule has 3 heteroatoms. The largest absolute Gasteiger partial charge is 0.330 e. The van der Waals surface area contributed by atoms with Gasteiger partial charge in [0, 0.05) is 0 Å². The van der Waals surface area contributed by atoms with Crippen molar-refractivity contribution < 1.29 is 4.39 Å². The van der Waals surface area contributed by atoms with Crippen molar-refractivity contribution in [2.24, 2.45) is 5.73 Å². The van der Waals surface area contributed by atoms with E-state index in [1.807, 2.05) is 18.2 Å². The molecule has 82 valence electrons. The van der Waals surface area contributed by atoms with E-state index in [9.17, 15) is 4.39 Å². The van der Waals surface area contributed by atoms with Gasteiger partial charge in [0.15, 0.2) is 0 Å². The summed E-state index contributed by atoms with van der Waals surface area (Å²) < 4.78 is 13.8. The first-order valence-electron chi connectivity index (χ1n) is 5.48. The minimum Gasteiger partial charge on any atom is -0.330 e. The fourth-order valence-corrected chi connectivity index (χ4v) is 2.19. The third-order valence-electron chi connectivity index (χ3n) is 2.95. The Labute approximate surface area is 89.7 Å². The molecule has 2 unspecified atom stereocenters. The standard InChI is InChI=1S/C12H17FN2/c13-11(5-7-14)12-10-4-2-1-3-9(10)6-8-15-12/h1-4,11-12,15H,5-8,14H2. The molecule has 1 aliphatic rings. The number of hydrogen-bond donors (Lipinski definition) is 2. The van der Waals surface area contributed by atoms with Gasteiger partial charge in [-0.2, -0.15) is 0 Å². The van der Waals surface area contributed by atoms with E-state index in [0.29, 0.717) is 13.0 Å². The minimum absolute atomic E-state index is 0.168. The maximum absolute atomic E-state index is 13.8. The number of nitrogens with one attached hydrogen (secondary N) is 1. The third kappa shape index (κ3) is 2.19. The Morgan fingerprint density at radius 2 is 2.27 bits per heavy atom. The summed E-state index contributed by atoms with van der Waals surface area (Å²) in [5, 5.41) is 3.23. The number of rotatable bonds is 3. The number of nitrogens with two attached hydrogens (primary N) is 1. The Balaban J connectivity index is 2.21. The quantitative estimate of drug-likeness (QED) is 0.791. The highest BCUT2D eigenvalue weighted by Gasteiger charge is 2.26. The molecule has 2 rings (SSSR count). The molecule has 0 aliphatic carbocycles. The Bertz CT molecular complexity index is 327. The number of hydrogen-bond acceptors (Lipinski definition) is 2. The predicted molar refractivity (Wildman–Crippen MR) is 59.5 cm³/mol. The first-order valence-corrected chi connectivity index (χ1v) is 5.48. The molecular weight excluding hydrogens is 191 g/mol. The van der Waals surface area contributed by atoms with Crippen molar-refractivity contribution in [3.63, 3.8) is 0 Å². The minimum atomic E-state index is -0.878. The molecule has 0 fully saturated rings. The Morgan fingerprint density at radius 1 is 1.47 bits per heavy atom. The van der Waals surface area contributed by atoms with Crippen molar-refractivity contribution in [1.29, 1.82) is 0 Å². The predicted octanol–water partition coefficient (Wildman–Crippen LogP) is 1.56. The zero-order valence-corrected chi connectivity index (χ0v) is 8.75. The summed E-state index contributed by atoms with van der Waals surface area (Å²) in [6.45, 7) is 1.26. The van der Waals surface area contributed by atoms with E-state index in [-0.39, 0.29) is 6.04 Å². The van der Waals surface area contributed by atoms with Crippen molar-refractivity contribution >= 4 is 0 Å². The van der Waals surface area contributed by atoms with Crippen LogP contribution in [-0.2, 0) is 6.42 Å². The van der Waals surface area contributed by atoms with Gasteiger partial charge in [0.1, 0.15) is 6.17 Å². The van der Waals surface area contributed by atoms with Crippen molar-refractivity contribution in [3.05, 3.63) is 35.4 Å². The van der Waals surface area contributed by atoms with Gasteiger partial charge in [0.2, 0.25) is 0 Å². The van der Waals surface area contributed by atoms with Crippen LogP contribution in [0.4, 0.5) is 4.39 Å². The lowest BCUT2D eigenvalue weighted by Crippen LogP contribution is -2.36. The summed E-state index contributed by atoms with van der Waals surface area (Å²) >= 11 is 0. The Hall–Kier alpha value is -0.930. The highest BCUT2D eigenvalue weighted by atomic mass is 19.1. The van der Waals surface area contributed by atoms with Crippen molar-refractivity contribution in [2.75, 3.05) is 13.1 Å². The third-order valence-corrected chi connectivity index (χ3v) is 2.95. The first-order chi connectivity index (χ1) is 7.33. The van der Waals surface area contributed by atoms with E-state index in [0.717, 1.165) is 18.5 Å². The lowest BCUT2D eigenvalue weighted by Gasteiger charge is -2.29. The van der Waals surface area contributed by atoms with Crippen LogP contribution in [0.5, 0.6) is 0 Å². The average molecular weight is 208 g/mol. The summed E-state index contributed by atoms with van der Waals surface area (Å²) in [6.07, 6.45) is 0.532. The average Bonchev–Trinajstić information content (AvgIpc) is 2.28. The van der Waals surface area contributed by atoms with Crippen LogP contribution in [0.3, 0.4) is 0 Å². The van der Waals surface area contributed by atoms with Gasteiger partial charge < -0.3 is 11.1 Å². The zero-order chi connectivity index (χ0) is 10.7. The molecule has 0 bridgehead atoms. The number of alkyl halides is 1. The molecule has 0 radical (unpaired) electrons. The molecular formula is C12H17FN2. The van der Waals surface area contributed by atoms with Crippen molar-refractivity contribution in [3.8, 4) is 0 Å². The fraction of sp³-hybridized carbons (Fsp3) is 0.500. The van der Waals surface area contributed by atoms with Crippen molar-refractivity contribution in [2.45, 2.75) is 25.1 Å². The van der Waals surface area contributed by atoms with Crippen LogP contribution in [0.2, 0.25) is 0 Å². The lowest BCUT2D eigenvalue weighted by molar-refractivity contribution is 0.233. The fourth-order valence-electron chi connectivity index (χ4n) is 2.19. The maximum Gasteiger partial charge on any atom is 0.121 e. The normalized spacial score (nSPS) is 22.1. The molecule has 1 aliphatic heterocycles. The van der Waals surface area contributed by atoms with E-state index >= 15 is 0 Å². The van der Waals surface area contributed by atoms with Gasteiger partial charge in [-0.05, 0) is 37.1 Å². The van der Waals surface area contributed by atoms with Crippen LogP contribution in [-0.4, -0.2) is 19.3 Å². The lowest BCUT2D eigenvalue weighted by atomic mass is 9.91. The van der Waals surface area contributed by atoms with Gasteiger partial charge in [-0.1, -0.05) is 24.3 Å². The van der Waals surface area contributed by atoms with E-state index < -0.39 is 6.17 Å². The summed E-state index contributed by atoms with van der Waals surface area (Å²) in [7, 11) is 0. The van der Waals surface area contributed by atoms with Crippen LogP contribution in [0, 0.1) is 0 Å². The van der Waals surface area contributed by atoms with Crippen LogP contribution in [0.15, 0.2) is 24.3 Å². The zero-order valence-electron chi connectivity index (χ0n) is 8.75. The molecule has 0 saturated carbocycles. The van der Waals surface area contributed by atoms with Crippen LogP contribution in [0.1, 0.15) is 23.6 Å². The van der Waals surface area contributed by atoms with Crippen molar-refractivity contribution in [1.82, 2.24) is 5.32 Å². The molecule has 1 heterocycles. The first kappa shape index (κ1) is 10.6. The van der Waals surface area contributed by atoms with Crippen LogP contribution >= 0.6 is 0 Å². The molecule has 0 aromatic heterocycles. The molecule has 2 atom stereocenters. The monoisotopic (exact) mass is 208 g/mol. The highest BCUT2D eigenvalue weighted by Crippen LogP contribution is 2.27. The number of halogens is 1. The molecule has 1 aromatic carbocycles. The highest BCUT2D eigenvalue weighted by molar-refractivity contribution is 5.33. The van der Waals surface area contributed by atoms with Gasteiger partial charge in [-0.3, -0.25) is 0 Å². The second kappa shape index (κ2) is 4.73. The molecule has 0 amide bonds. The summed E-state index contributed by atoms with van der Waals surface area (Å²) in [5.74, 6) is 0. The van der Waals surface area contributed by atoms with Gasteiger partial charge in [0.25, 0.3) is 0 Å². The SMILES string of the molecule is NCCC(F)C1NCCc2ccccc21. The van der Waals surface area contributed by atoms with Crippen LogP contribution < -0.4 is 11.1 Å². The van der Waals surface area contributed by atoms with Gasteiger partial charge >= 0.3 is 0 Å². The summed E-state index contributed by atoms with van der Waals surface area (Å²) in [4.78, 5) is 0. The molecule has 2 nitrogen and oxygen atoms in total. The number of benzene rings is 1. The molecule has 0 saturated heterocycles. The summed E-state index contributed by atoms with van der Waals surface area (Å²) in [5.41, 5.74) is 7.75. The molecule has 0 spiro atoms. The van der Waals surface area contributed by atoms with E-state index in [4.69, 9.17) is 5.73 Å². The molecule has 3 N–H and O–H groups in total. The maximum atomic E-state index is 13.8. The molecule has 15 heavy (non-hydrogen) atoms. The second-order valence-corrected chi connectivity index (χ2v) is 3.97. The topological polar surface area (TPSA) is 38.0 Å².